The molecule has 0 saturated heterocycles. The maximum atomic E-state index is 4.51. The lowest BCUT2D eigenvalue weighted by Gasteiger charge is -2.18. The second kappa shape index (κ2) is 8.16. The monoisotopic (exact) mass is 388 g/mol. The van der Waals surface area contributed by atoms with Crippen molar-refractivity contribution in [2.75, 3.05) is 0 Å². The highest BCUT2D eigenvalue weighted by Crippen LogP contribution is 2.37. The van der Waals surface area contributed by atoms with Gasteiger partial charge in [0.25, 0.3) is 0 Å². The van der Waals surface area contributed by atoms with Crippen molar-refractivity contribution < 1.29 is 0 Å². The van der Waals surface area contributed by atoms with E-state index in [0.717, 1.165) is 11.1 Å². The molecular weight excluding hydrogens is 360 g/mol. The van der Waals surface area contributed by atoms with E-state index in [1.165, 1.54) is 50.1 Å². The van der Waals surface area contributed by atoms with Gasteiger partial charge in [0.1, 0.15) is 0 Å². The van der Waals surface area contributed by atoms with Crippen molar-refractivity contribution in [2.24, 2.45) is 0 Å². The van der Waals surface area contributed by atoms with Gasteiger partial charge in [-0.15, -0.1) is 0 Å². The standard InChI is InChI=1S/C30H28/c1-20-6-12-25(13-7-20)24(5)29-19-28(26-14-8-21(2)9-15-26)23(4)18-30(29)27-16-10-22(3)11-17-27/h6-19H,5H2,1-4H3. The highest BCUT2D eigenvalue weighted by atomic mass is 14.2. The van der Waals surface area contributed by atoms with Crippen LogP contribution in [0.25, 0.3) is 27.8 Å². The Morgan fingerprint density at radius 2 is 0.967 bits per heavy atom. The summed E-state index contributed by atoms with van der Waals surface area (Å²) >= 11 is 0. The lowest BCUT2D eigenvalue weighted by atomic mass is 9.86. The molecule has 0 bridgehead atoms. The second-order valence-corrected chi connectivity index (χ2v) is 8.29. The quantitative estimate of drug-likeness (QED) is 0.330. The van der Waals surface area contributed by atoms with Crippen LogP contribution in [-0.2, 0) is 0 Å². The Kier molecular flexibility index (Phi) is 5.42. The van der Waals surface area contributed by atoms with Gasteiger partial charge < -0.3 is 0 Å². The van der Waals surface area contributed by atoms with Crippen LogP contribution in [0.4, 0.5) is 0 Å². The summed E-state index contributed by atoms with van der Waals surface area (Å²) in [6.07, 6.45) is 0. The molecule has 0 saturated carbocycles. The molecule has 0 aliphatic carbocycles. The molecule has 0 heteroatoms. The molecule has 0 radical (unpaired) electrons. The predicted molar refractivity (Wildman–Crippen MR) is 131 cm³/mol. The Morgan fingerprint density at radius 1 is 0.533 bits per heavy atom. The molecule has 0 aliphatic rings. The van der Waals surface area contributed by atoms with Crippen LogP contribution < -0.4 is 0 Å². The second-order valence-electron chi connectivity index (χ2n) is 8.29. The topological polar surface area (TPSA) is 0 Å². The zero-order valence-electron chi connectivity index (χ0n) is 18.3. The summed E-state index contributed by atoms with van der Waals surface area (Å²) < 4.78 is 0. The van der Waals surface area contributed by atoms with Gasteiger partial charge in [0, 0.05) is 0 Å². The fourth-order valence-electron chi connectivity index (χ4n) is 3.88. The first-order valence-corrected chi connectivity index (χ1v) is 10.5. The van der Waals surface area contributed by atoms with Crippen LogP contribution in [0.1, 0.15) is 33.4 Å². The summed E-state index contributed by atoms with van der Waals surface area (Å²) in [4.78, 5) is 0. The Bertz CT molecular complexity index is 1190. The van der Waals surface area contributed by atoms with Crippen LogP contribution in [0.2, 0.25) is 0 Å². The van der Waals surface area contributed by atoms with Gasteiger partial charge in [-0.3, -0.25) is 0 Å². The van der Waals surface area contributed by atoms with Crippen molar-refractivity contribution >= 4 is 5.57 Å². The summed E-state index contributed by atoms with van der Waals surface area (Å²) in [5, 5.41) is 0. The molecule has 0 atom stereocenters. The summed E-state index contributed by atoms with van der Waals surface area (Å²) in [7, 11) is 0. The van der Waals surface area contributed by atoms with Crippen LogP contribution in [0.5, 0.6) is 0 Å². The van der Waals surface area contributed by atoms with Crippen molar-refractivity contribution in [3.05, 3.63) is 125 Å². The lowest BCUT2D eigenvalue weighted by molar-refractivity contribution is 1.40. The van der Waals surface area contributed by atoms with Gasteiger partial charge in [-0.25, -0.2) is 0 Å². The Morgan fingerprint density at radius 3 is 1.47 bits per heavy atom. The van der Waals surface area contributed by atoms with E-state index < -0.39 is 0 Å². The van der Waals surface area contributed by atoms with Crippen LogP contribution in [-0.4, -0.2) is 0 Å². The van der Waals surface area contributed by atoms with E-state index in [1.54, 1.807) is 0 Å². The number of aryl methyl sites for hydroxylation is 4. The molecule has 0 nitrogen and oxygen atoms in total. The van der Waals surface area contributed by atoms with Gasteiger partial charge in [0.05, 0.1) is 0 Å². The first-order valence-electron chi connectivity index (χ1n) is 10.5. The van der Waals surface area contributed by atoms with E-state index in [0.29, 0.717) is 0 Å². The molecular formula is C30H28. The highest BCUT2D eigenvalue weighted by Gasteiger charge is 2.14. The molecule has 4 aromatic rings. The van der Waals surface area contributed by atoms with Crippen molar-refractivity contribution in [1.82, 2.24) is 0 Å². The molecule has 0 aliphatic heterocycles. The van der Waals surface area contributed by atoms with Crippen LogP contribution in [0.3, 0.4) is 0 Å². The van der Waals surface area contributed by atoms with E-state index in [2.05, 4.69) is 119 Å². The molecule has 0 fully saturated rings. The number of rotatable bonds is 4. The van der Waals surface area contributed by atoms with Gasteiger partial charge in [0.2, 0.25) is 0 Å². The zero-order chi connectivity index (χ0) is 21.3. The highest BCUT2D eigenvalue weighted by molar-refractivity contribution is 5.91. The summed E-state index contributed by atoms with van der Waals surface area (Å²) in [6, 6.07) is 30.8. The fraction of sp³-hybridized carbons (Fsp3) is 0.133. The minimum atomic E-state index is 1.05. The van der Waals surface area contributed by atoms with Gasteiger partial charge in [-0.2, -0.15) is 0 Å². The average Bonchev–Trinajstić information content (AvgIpc) is 2.75. The van der Waals surface area contributed by atoms with Gasteiger partial charge in [-0.1, -0.05) is 102 Å². The third-order valence-electron chi connectivity index (χ3n) is 5.81. The Hall–Kier alpha value is -3.38. The van der Waals surface area contributed by atoms with Crippen LogP contribution >= 0.6 is 0 Å². The maximum Gasteiger partial charge on any atom is -0.00990 e. The Labute approximate surface area is 180 Å². The molecule has 0 spiro atoms. The van der Waals surface area contributed by atoms with Crippen LogP contribution in [0, 0.1) is 27.7 Å². The molecule has 4 aromatic carbocycles. The van der Waals surface area contributed by atoms with Crippen molar-refractivity contribution in [3.63, 3.8) is 0 Å². The van der Waals surface area contributed by atoms with Crippen molar-refractivity contribution in [1.29, 1.82) is 0 Å². The SMILES string of the molecule is C=C(c1ccc(C)cc1)c1cc(-c2ccc(C)cc2)c(C)cc1-c1ccc(C)cc1. The number of hydrogen-bond acceptors (Lipinski definition) is 0. The minimum absolute atomic E-state index is 1.05. The van der Waals surface area contributed by atoms with E-state index >= 15 is 0 Å². The number of hydrogen-bond donors (Lipinski definition) is 0. The minimum Gasteiger partial charge on any atom is -0.0905 e. The molecule has 0 aromatic heterocycles. The predicted octanol–water partition coefficient (Wildman–Crippen LogP) is 8.32. The lowest BCUT2D eigenvalue weighted by Crippen LogP contribution is -1.95. The molecule has 30 heavy (non-hydrogen) atoms. The molecule has 0 unspecified atom stereocenters. The largest absolute Gasteiger partial charge is 0.0905 e. The van der Waals surface area contributed by atoms with Crippen molar-refractivity contribution in [3.8, 4) is 22.3 Å². The first kappa shape index (κ1) is 19.9. The van der Waals surface area contributed by atoms with E-state index in [4.69, 9.17) is 0 Å². The maximum absolute atomic E-state index is 4.51. The van der Waals surface area contributed by atoms with Gasteiger partial charge in [-0.05, 0) is 78.3 Å². The van der Waals surface area contributed by atoms with E-state index in [9.17, 15) is 0 Å². The van der Waals surface area contributed by atoms with Gasteiger partial charge in [0.15, 0.2) is 0 Å². The van der Waals surface area contributed by atoms with Gasteiger partial charge >= 0.3 is 0 Å². The fourth-order valence-corrected chi connectivity index (χ4v) is 3.88. The summed E-state index contributed by atoms with van der Waals surface area (Å²) in [6.45, 7) is 13.1. The zero-order valence-corrected chi connectivity index (χ0v) is 18.3. The first-order chi connectivity index (χ1) is 14.4. The molecule has 0 N–H and O–H groups in total. The Balaban J connectivity index is 1.92. The third kappa shape index (κ3) is 4.00. The summed E-state index contributed by atoms with van der Waals surface area (Å²) in [5.74, 6) is 0. The number of benzene rings is 4. The van der Waals surface area contributed by atoms with E-state index in [-0.39, 0.29) is 0 Å². The summed E-state index contributed by atoms with van der Waals surface area (Å²) in [5.41, 5.74) is 13.4. The normalized spacial score (nSPS) is 10.8. The van der Waals surface area contributed by atoms with E-state index in [1.807, 2.05) is 0 Å². The van der Waals surface area contributed by atoms with Crippen LogP contribution in [0.15, 0.2) is 91.5 Å². The molecule has 148 valence electrons. The smallest absolute Gasteiger partial charge is 0.00990 e. The third-order valence-corrected chi connectivity index (χ3v) is 5.81. The molecule has 4 rings (SSSR count). The molecule has 0 amide bonds. The average molecular weight is 389 g/mol. The molecule has 0 heterocycles. The van der Waals surface area contributed by atoms with Crippen molar-refractivity contribution in [2.45, 2.75) is 27.7 Å².